The Bertz CT molecular complexity index is 1220. The number of nitrogens with zero attached hydrogens (tertiary/aromatic N) is 2. The predicted molar refractivity (Wildman–Crippen MR) is 115 cm³/mol. The summed E-state index contributed by atoms with van der Waals surface area (Å²) in [5.41, 5.74) is 3.63. The molecule has 0 spiro atoms. The first-order valence-corrected chi connectivity index (χ1v) is 10.2. The fourth-order valence-corrected chi connectivity index (χ4v) is 4.34. The number of benzene rings is 1. The van der Waals surface area contributed by atoms with E-state index in [2.05, 4.69) is 26.1 Å². The van der Waals surface area contributed by atoms with Crippen LogP contribution in [0.3, 0.4) is 0 Å². The Morgan fingerprint density at radius 3 is 2.47 bits per heavy atom. The number of Topliss-reactive ketones (excluding diaryl/α,β-unsaturated/α-hetero) is 1. The highest BCUT2D eigenvalue weighted by Gasteiger charge is 2.48. The first-order valence-electron chi connectivity index (χ1n) is 9.36. The topological polar surface area (TPSA) is 99.4 Å². The van der Waals surface area contributed by atoms with E-state index in [0.29, 0.717) is 16.9 Å². The maximum atomic E-state index is 13.1. The normalized spacial score (nSPS) is 18.4. The van der Waals surface area contributed by atoms with E-state index in [1.54, 1.807) is 19.1 Å². The number of amides is 1. The minimum atomic E-state index is -0.846. The molecule has 0 bridgehead atoms. The number of aliphatic hydroxyl groups is 1. The first kappa shape index (κ1) is 20.2. The Morgan fingerprint density at radius 2 is 1.90 bits per heavy atom. The van der Waals surface area contributed by atoms with Crippen molar-refractivity contribution in [3.63, 3.8) is 0 Å². The summed E-state index contributed by atoms with van der Waals surface area (Å²) < 4.78 is 5.93. The van der Waals surface area contributed by atoms with Gasteiger partial charge in [0.2, 0.25) is 0 Å². The van der Waals surface area contributed by atoms with E-state index in [1.807, 2.05) is 39.0 Å². The van der Waals surface area contributed by atoms with Crippen LogP contribution in [0.2, 0.25) is 0 Å². The van der Waals surface area contributed by atoms with Gasteiger partial charge in [0, 0.05) is 27.5 Å². The third-order valence-electron chi connectivity index (χ3n) is 5.40. The smallest absolute Gasteiger partial charge is 0.301 e. The molecule has 2 aromatic heterocycles. The molecule has 0 radical (unpaired) electrons. The molecule has 1 amide bonds. The SMILES string of the molecule is Cc1cc(N2C(=O)C(=O)/C(=C(/O)c3c(C)[nH]c(C)c3C)C2c2cccc(Br)c2)no1. The van der Waals surface area contributed by atoms with E-state index in [9.17, 15) is 14.7 Å². The first-order chi connectivity index (χ1) is 14.2. The summed E-state index contributed by atoms with van der Waals surface area (Å²) in [4.78, 5) is 30.6. The van der Waals surface area contributed by atoms with Crippen molar-refractivity contribution in [3.05, 3.63) is 74.2 Å². The van der Waals surface area contributed by atoms with E-state index in [-0.39, 0.29) is 17.2 Å². The van der Waals surface area contributed by atoms with Crippen LogP contribution in [0.25, 0.3) is 5.76 Å². The van der Waals surface area contributed by atoms with Gasteiger partial charge in [0.1, 0.15) is 11.5 Å². The second kappa shape index (κ2) is 7.28. The number of aryl methyl sites for hydroxylation is 3. The van der Waals surface area contributed by atoms with Gasteiger partial charge in [-0.3, -0.25) is 14.5 Å². The number of anilines is 1. The van der Waals surface area contributed by atoms with Gasteiger partial charge in [-0.05, 0) is 51.0 Å². The van der Waals surface area contributed by atoms with Crippen LogP contribution in [-0.4, -0.2) is 26.9 Å². The van der Waals surface area contributed by atoms with Gasteiger partial charge in [0.15, 0.2) is 5.82 Å². The molecule has 1 fully saturated rings. The number of carbonyl (C=O) groups excluding carboxylic acids is 2. The number of aliphatic hydroxyl groups excluding tert-OH is 1. The van der Waals surface area contributed by atoms with Gasteiger partial charge in [0.05, 0.1) is 11.6 Å². The van der Waals surface area contributed by atoms with Crippen LogP contribution in [0.1, 0.15) is 39.9 Å². The largest absolute Gasteiger partial charge is 0.507 e. The summed E-state index contributed by atoms with van der Waals surface area (Å²) in [5, 5.41) is 15.2. The van der Waals surface area contributed by atoms with Crippen molar-refractivity contribution in [2.75, 3.05) is 4.90 Å². The molecule has 8 heteroatoms. The average molecular weight is 470 g/mol. The number of halogens is 1. The fraction of sp³-hybridized carbons (Fsp3) is 0.227. The lowest BCUT2D eigenvalue weighted by Gasteiger charge is -2.23. The van der Waals surface area contributed by atoms with E-state index in [4.69, 9.17) is 4.52 Å². The Hall–Kier alpha value is -3.13. The number of H-pyrrole nitrogens is 1. The lowest BCUT2D eigenvalue weighted by molar-refractivity contribution is -0.132. The van der Waals surface area contributed by atoms with Crippen molar-refractivity contribution < 1.29 is 19.2 Å². The summed E-state index contributed by atoms with van der Waals surface area (Å²) in [6.07, 6.45) is 0. The van der Waals surface area contributed by atoms with Crippen LogP contribution in [-0.2, 0) is 9.59 Å². The van der Waals surface area contributed by atoms with E-state index in [1.165, 1.54) is 4.90 Å². The number of aromatic amines is 1. The monoisotopic (exact) mass is 469 g/mol. The van der Waals surface area contributed by atoms with Crippen LogP contribution in [0.15, 0.2) is 44.9 Å². The summed E-state index contributed by atoms with van der Waals surface area (Å²) in [6, 6.07) is 8.01. The second-order valence-electron chi connectivity index (χ2n) is 7.39. The molecule has 3 aromatic rings. The summed E-state index contributed by atoms with van der Waals surface area (Å²) >= 11 is 3.44. The molecule has 0 saturated carbocycles. The number of hydrogen-bond acceptors (Lipinski definition) is 5. The zero-order valence-electron chi connectivity index (χ0n) is 16.9. The lowest BCUT2D eigenvalue weighted by atomic mass is 9.94. The van der Waals surface area contributed by atoms with Crippen LogP contribution in [0.5, 0.6) is 0 Å². The molecule has 1 unspecified atom stereocenters. The molecule has 2 N–H and O–H groups in total. The van der Waals surface area contributed by atoms with Gasteiger partial charge in [-0.1, -0.05) is 33.2 Å². The number of carbonyl (C=O) groups is 2. The standard InChI is InChI=1S/C22H20BrN3O4/c1-10-8-16(25-30-10)26-19(14-6-5-7-15(23)9-14)18(21(28)22(26)29)20(27)17-11(2)12(3)24-13(17)4/h5-9,19,24,27H,1-4H3/b20-18+. The van der Waals surface area contributed by atoms with Gasteiger partial charge in [-0.25, -0.2) is 0 Å². The Kier molecular flexibility index (Phi) is 4.89. The second-order valence-corrected chi connectivity index (χ2v) is 8.31. The molecular weight excluding hydrogens is 450 g/mol. The molecular formula is C22H20BrN3O4. The Labute approximate surface area is 181 Å². The molecule has 1 aliphatic rings. The molecule has 3 heterocycles. The fourth-order valence-electron chi connectivity index (χ4n) is 3.92. The minimum Gasteiger partial charge on any atom is -0.507 e. The third-order valence-corrected chi connectivity index (χ3v) is 5.89. The van der Waals surface area contributed by atoms with E-state index >= 15 is 0 Å². The zero-order chi connectivity index (χ0) is 21.7. The van der Waals surface area contributed by atoms with Crippen molar-refractivity contribution in [1.29, 1.82) is 0 Å². The third kappa shape index (κ3) is 3.08. The molecule has 1 saturated heterocycles. The Balaban J connectivity index is 2.00. The maximum Gasteiger partial charge on any atom is 0.301 e. The minimum absolute atomic E-state index is 0.0175. The quantitative estimate of drug-likeness (QED) is 0.331. The average Bonchev–Trinajstić information content (AvgIpc) is 3.30. The number of rotatable bonds is 3. The van der Waals surface area contributed by atoms with Crippen LogP contribution < -0.4 is 4.90 Å². The highest BCUT2D eigenvalue weighted by Crippen LogP contribution is 2.43. The number of nitrogens with one attached hydrogen (secondary N) is 1. The predicted octanol–water partition coefficient (Wildman–Crippen LogP) is 4.63. The molecule has 1 aliphatic heterocycles. The number of ketones is 1. The summed E-state index contributed by atoms with van der Waals surface area (Å²) in [7, 11) is 0. The molecule has 1 atom stereocenters. The van der Waals surface area contributed by atoms with Gasteiger partial charge >= 0.3 is 5.91 Å². The van der Waals surface area contributed by atoms with Crippen molar-refractivity contribution in [3.8, 4) is 0 Å². The van der Waals surface area contributed by atoms with Crippen molar-refractivity contribution in [1.82, 2.24) is 10.1 Å². The summed E-state index contributed by atoms with van der Waals surface area (Å²) in [5.74, 6) is -1.02. The number of aromatic nitrogens is 2. The summed E-state index contributed by atoms with van der Waals surface area (Å²) in [6.45, 7) is 7.28. The van der Waals surface area contributed by atoms with Crippen molar-refractivity contribution in [2.24, 2.45) is 0 Å². The van der Waals surface area contributed by atoms with Crippen LogP contribution in [0.4, 0.5) is 5.82 Å². The van der Waals surface area contributed by atoms with Gasteiger partial charge < -0.3 is 14.6 Å². The highest BCUT2D eigenvalue weighted by atomic mass is 79.9. The van der Waals surface area contributed by atoms with Gasteiger partial charge in [0.25, 0.3) is 5.78 Å². The van der Waals surface area contributed by atoms with Crippen molar-refractivity contribution in [2.45, 2.75) is 33.7 Å². The van der Waals surface area contributed by atoms with Crippen LogP contribution in [0, 0.1) is 27.7 Å². The molecule has 4 rings (SSSR count). The van der Waals surface area contributed by atoms with E-state index < -0.39 is 17.7 Å². The molecule has 7 nitrogen and oxygen atoms in total. The highest BCUT2D eigenvalue weighted by molar-refractivity contribution is 9.10. The Morgan fingerprint density at radius 1 is 1.17 bits per heavy atom. The molecule has 1 aromatic carbocycles. The van der Waals surface area contributed by atoms with Crippen LogP contribution >= 0.6 is 15.9 Å². The molecule has 0 aliphatic carbocycles. The van der Waals surface area contributed by atoms with Gasteiger partial charge in [-0.2, -0.15) is 0 Å². The van der Waals surface area contributed by atoms with Gasteiger partial charge in [-0.15, -0.1) is 0 Å². The molecule has 154 valence electrons. The number of hydrogen-bond donors (Lipinski definition) is 2. The van der Waals surface area contributed by atoms with E-state index in [0.717, 1.165) is 21.4 Å². The molecule has 30 heavy (non-hydrogen) atoms. The van der Waals surface area contributed by atoms with Crippen molar-refractivity contribution >= 4 is 39.2 Å². The maximum absolute atomic E-state index is 13.1. The zero-order valence-corrected chi connectivity index (χ0v) is 18.5. The lowest BCUT2D eigenvalue weighted by Crippen LogP contribution is -2.29.